The second-order valence-electron chi connectivity index (χ2n) is 9.48. The van der Waals surface area contributed by atoms with Gasteiger partial charge in [0.1, 0.15) is 11.6 Å². The van der Waals surface area contributed by atoms with Crippen LogP contribution in [-0.2, 0) is 5.41 Å². The highest BCUT2D eigenvalue weighted by Gasteiger charge is 2.45. The number of hydrogen-bond acceptors (Lipinski definition) is 2. The number of hydrogen-bond donors (Lipinski definition) is 0. The summed E-state index contributed by atoms with van der Waals surface area (Å²) in [5.41, 5.74) is 6.28. The third-order valence-electron chi connectivity index (χ3n) is 7.55. The number of benzene rings is 4. The zero-order chi connectivity index (χ0) is 24.2. The first-order valence-electron chi connectivity index (χ1n) is 11.9. The van der Waals surface area contributed by atoms with E-state index in [-0.39, 0.29) is 28.6 Å². The van der Waals surface area contributed by atoms with Crippen LogP contribution in [0.1, 0.15) is 68.7 Å². The first kappa shape index (κ1) is 21.6. The predicted octanol–water partition coefficient (Wildman–Crippen LogP) is 7.27. The highest BCUT2D eigenvalue weighted by atomic mass is 19.1. The maximum Gasteiger partial charge on any atom is 0.193 e. The lowest BCUT2D eigenvalue weighted by atomic mass is 9.75. The molecule has 2 aliphatic carbocycles. The molecule has 1 fully saturated rings. The lowest BCUT2D eigenvalue weighted by molar-refractivity contribution is 0.103. The fraction of sp³-hybridized carbons (Fsp3) is 0.161. The first-order valence-corrected chi connectivity index (χ1v) is 11.9. The van der Waals surface area contributed by atoms with Gasteiger partial charge in [-0.05, 0) is 95.8 Å². The van der Waals surface area contributed by atoms with Gasteiger partial charge in [-0.15, -0.1) is 0 Å². The van der Waals surface area contributed by atoms with Crippen LogP contribution in [0.3, 0.4) is 0 Å². The maximum absolute atomic E-state index is 13.3. The van der Waals surface area contributed by atoms with Gasteiger partial charge < -0.3 is 0 Å². The van der Waals surface area contributed by atoms with E-state index in [0.717, 1.165) is 47.9 Å². The average Bonchev–Trinajstić information content (AvgIpc) is 3.48. The molecule has 2 aliphatic rings. The smallest absolute Gasteiger partial charge is 0.193 e. The van der Waals surface area contributed by atoms with Crippen LogP contribution in [-0.4, -0.2) is 11.6 Å². The Morgan fingerprint density at radius 1 is 0.543 bits per heavy atom. The summed E-state index contributed by atoms with van der Waals surface area (Å²) in [4.78, 5) is 26.3. The maximum atomic E-state index is 13.3. The standard InChI is InChI=1S/C31H22F2O2/c32-23-9-3-19(4-10-23)29(34)21-7-13-25-26-14-8-22(30(35)20-5-11-24(33)12-6-20)18-28(26)31(27(25)17-21)15-1-2-16-31/h3-14,17-18H,1-2,15-16H2. The van der Waals surface area contributed by atoms with Crippen LogP contribution in [0.4, 0.5) is 8.78 Å². The molecule has 2 nitrogen and oxygen atoms in total. The Kier molecular flexibility index (Phi) is 4.99. The van der Waals surface area contributed by atoms with Crippen molar-refractivity contribution < 1.29 is 18.4 Å². The first-order chi connectivity index (χ1) is 17.0. The van der Waals surface area contributed by atoms with Crippen LogP contribution in [0.5, 0.6) is 0 Å². The minimum Gasteiger partial charge on any atom is -0.289 e. The summed E-state index contributed by atoms with van der Waals surface area (Å²) < 4.78 is 26.7. The van der Waals surface area contributed by atoms with Gasteiger partial charge in [0.05, 0.1) is 0 Å². The molecule has 1 spiro atoms. The Labute approximate surface area is 202 Å². The van der Waals surface area contributed by atoms with Crippen molar-refractivity contribution in [3.8, 4) is 11.1 Å². The van der Waals surface area contributed by atoms with Crippen molar-refractivity contribution in [3.63, 3.8) is 0 Å². The van der Waals surface area contributed by atoms with E-state index in [1.807, 2.05) is 36.4 Å². The molecule has 35 heavy (non-hydrogen) atoms. The summed E-state index contributed by atoms with van der Waals surface area (Å²) in [6, 6.07) is 22.9. The number of ketones is 2. The van der Waals surface area contributed by atoms with Crippen molar-refractivity contribution in [1.29, 1.82) is 0 Å². The molecule has 172 valence electrons. The van der Waals surface area contributed by atoms with Crippen LogP contribution in [0.25, 0.3) is 11.1 Å². The highest BCUT2D eigenvalue weighted by molar-refractivity contribution is 6.10. The number of halogens is 2. The molecule has 4 heteroatoms. The molecular formula is C31H22F2O2. The minimum absolute atomic E-state index is 0.135. The average molecular weight is 465 g/mol. The summed E-state index contributed by atoms with van der Waals surface area (Å²) in [7, 11) is 0. The van der Waals surface area contributed by atoms with Crippen LogP contribution in [0, 0.1) is 11.6 Å². The summed E-state index contributed by atoms with van der Waals surface area (Å²) >= 11 is 0. The van der Waals surface area contributed by atoms with E-state index in [1.54, 1.807) is 0 Å². The number of rotatable bonds is 4. The second-order valence-corrected chi connectivity index (χ2v) is 9.48. The van der Waals surface area contributed by atoms with Gasteiger partial charge in [-0.2, -0.15) is 0 Å². The summed E-state index contributed by atoms with van der Waals surface area (Å²) in [6.45, 7) is 0. The van der Waals surface area contributed by atoms with E-state index in [2.05, 4.69) is 0 Å². The van der Waals surface area contributed by atoms with Crippen molar-refractivity contribution in [1.82, 2.24) is 0 Å². The van der Waals surface area contributed by atoms with Gasteiger partial charge in [0.25, 0.3) is 0 Å². The lowest BCUT2D eigenvalue weighted by Gasteiger charge is -2.27. The molecule has 0 N–H and O–H groups in total. The molecular weight excluding hydrogens is 442 g/mol. The second kappa shape index (κ2) is 8.09. The van der Waals surface area contributed by atoms with Crippen molar-refractivity contribution in [3.05, 3.63) is 130 Å². The van der Waals surface area contributed by atoms with Crippen molar-refractivity contribution in [2.45, 2.75) is 31.1 Å². The Morgan fingerprint density at radius 3 is 1.31 bits per heavy atom. The Hall–Kier alpha value is -3.92. The molecule has 0 amide bonds. The van der Waals surface area contributed by atoms with Gasteiger partial charge in [0.15, 0.2) is 11.6 Å². The van der Waals surface area contributed by atoms with Gasteiger partial charge in [0.2, 0.25) is 0 Å². The summed E-state index contributed by atoms with van der Waals surface area (Å²) in [5.74, 6) is -1.02. The van der Waals surface area contributed by atoms with E-state index in [4.69, 9.17) is 0 Å². The SMILES string of the molecule is O=C(c1ccc(F)cc1)c1ccc2c(c1)C1(CCCC1)c1cc(C(=O)c3ccc(F)cc3)ccc1-2. The fourth-order valence-electron chi connectivity index (χ4n) is 5.83. The third-order valence-corrected chi connectivity index (χ3v) is 7.55. The quantitative estimate of drug-likeness (QED) is 0.298. The van der Waals surface area contributed by atoms with Crippen molar-refractivity contribution >= 4 is 11.6 Å². The summed E-state index contributed by atoms with van der Waals surface area (Å²) in [6.07, 6.45) is 4.06. The number of carbonyl (C=O) groups excluding carboxylic acids is 2. The van der Waals surface area contributed by atoms with Gasteiger partial charge in [0, 0.05) is 27.7 Å². The highest BCUT2D eigenvalue weighted by Crippen LogP contribution is 2.57. The normalized spacial score (nSPS) is 15.1. The van der Waals surface area contributed by atoms with Crippen LogP contribution < -0.4 is 0 Å². The fourth-order valence-corrected chi connectivity index (χ4v) is 5.83. The molecule has 0 unspecified atom stereocenters. The molecule has 0 bridgehead atoms. The lowest BCUT2D eigenvalue weighted by Crippen LogP contribution is -2.21. The van der Waals surface area contributed by atoms with E-state index >= 15 is 0 Å². The minimum atomic E-state index is -0.373. The topological polar surface area (TPSA) is 34.1 Å². The Bertz CT molecular complexity index is 1370. The van der Waals surface area contributed by atoms with Gasteiger partial charge in [-0.3, -0.25) is 9.59 Å². The molecule has 4 aromatic rings. The van der Waals surface area contributed by atoms with Gasteiger partial charge >= 0.3 is 0 Å². The monoisotopic (exact) mass is 464 g/mol. The van der Waals surface area contributed by atoms with E-state index < -0.39 is 0 Å². The molecule has 6 rings (SSSR count). The third kappa shape index (κ3) is 3.44. The molecule has 0 saturated heterocycles. The number of fused-ring (bicyclic) bond motifs is 5. The largest absolute Gasteiger partial charge is 0.289 e. The van der Waals surface area contributed by atoms with E-state index in [0.29, 0.717) is 22.3 Å². The molecule has 1 saturated carbocycles. The molecule has 0 aromatic heterocycles. The molecule has 0 heterocycles. The molecule has 0 radical (unpaired) electrons. The van der Waals surface area contributed by atoms with Crippen molar-refractivity contribution in [2.75, 3.05) is 0 Å². The van der Waals surface area contributed by atoms with Crippen LogP contribution in [0.2, 0.25) is 0 Å². The van der Waals surface area contributed by atoms with Crippen LogP contribution in [0.15, 0.2) is 84.9 Å². The van der Waals surface area contributed by atoms with Crippen molar-refractivity contribution in [2.24, 2.45) is 0 Å². The van der Waals surface area contributed by atoms with Gasteiger partial charge in [-0.1, -0.05) is 37.1 Å². The Morgan fingerprint density at radius 2 is 0.914 bits per heavy atom. The molecule has 0 atom stereocenters. The molecule has 0 aliphatic heterocycles. The zero-order valence-electron chi connectivity index (χ0n) is 19.0. The summed E-state index contributed by atoms with van der Waals surface area (Å²) in [5, 5.41) is 0. The predicted molar refractivity (Wildman–Crippen MR) is 131 cm³/mol. The Balaban J connectivity index is 1.43. The van der Waals surface area contributed by atoms with E-state index in [1.165, 1.54) is 48.5 Å². The van der Waals surface area contributed by atoms with Gasteiger partial charge in [-0.25, -0.2) is 8.78 Å². The zero-order valence-corrected chi connectivity index (χ0v) is 19.0. The van der Waals surface area contributed by atoms with E-state index in [9.17, 15) is 18.4 Å². The number of carbonyl (C=O) groups is 2. The molecule has 4 aromatic carbocycles. The van der Waals surface area contributed by atoms with Crippen LogP contribution >= 0.6 is 0 Å².